The van der Waals surface area contributed by atoms with Crippen molar-refractivity contribution in [2.45, 2.75) is 76.4 Å². The van der Waals surface area contributed by atoms with Gasteiger partial charge in [-0.3, -0.25) is 14.3 Å². The quantitative estimate of drug-likeness (QED) is 0.543. The number of hydrogen-bond acceptors (Lipinski definition) is 4. The van der Waals surface area contributed by atoms with Gasteiger partial charge in [0.1, 0.15) is 5.03 Å². The van der Waals surface area contributed by atoms with Gasteiger partial charge in [-0.15, -0.1) is 0 Å². The number of urea groups is 1. The first-order valence-electron chi connectivity index (χ1n) is 11.3. The molecule has 4 rings (SSSR count). The fourth-order valence-corrected chi connectivity index (χ4v) is 5.38. The van der Waals surface area contributed by atoms with Crippen molar-refractivity contribution in [3.05, 3.63) is 40.1 Å². The Bertz CT molecular complexity index is 959. The number of nitrogens with one attached hydrogen (secondary N) is 2. The summed E-state index contributed by atoms with van der Waals surface area (Å²) < 4.78 is 30.0. The Hall–Kier alpha value is -2.13. The van der Waals surface area contributed by atoms with Crippen LogP contribution in [0.3, 0.4) is 0 Å². The maximum absolute atomic E-state index is 12.7. The Kier molecular flexibility index (Phi) is 7.05. The third-order valence-electron chi connectivity index (χ3n) is 6.12. The van der Waals surface area contributed by atoms with Gasteiger partial charge in [0.05, 0.1) is 12.2 Å². The number of fused-ring (bicyclic) bond motifs is 2. The molecule has 32 heavy (non-hydrogen) atoms. The van der Waals surface area contributed by atoms with Crippen LogP contribution in [0.4, 0.5) is 19.3 Å². The summed E-state index contributed by atoms with van der Waals surface area (Å²) in [7, 11) is 1.67. The van der Waals surface area contributed by atoms with E-state index in [9.17, 15) is 13.6 Å². The van der Waals surface area contributed by atoms with E-state index in [1.54, 1.807) is 11.9 Å². The summed E-state index contributed by atoms with van der Waals surface area (Å²) in [6, 6.07) is 4.01. The van der Waals surface area contributed by atoms with Gasteiger partial charge in [-0.1, -0.05) is 6.07 Å². The Morgan fingerprint density at radius 1 is 1.16 bits per heavy atom. The zero-order valence-corrected chi connectivity index (χ0v) is 19.7. The minimum atomic E-state index is -2.38. The SMILES string of the molecule is CC(C)n1nc(SNC(=O)Nc2c3c(cc4c2CCC4)CCC3)cc1CN(C)CC(F)F. The molecule has 1 heterocycles. The lowest BCUT2D eigenvalue weighted by Gasteiger charge is -2.18. The van der Waals surface area contributed by atoms with Crippen molar-refractivity contribution in [2.75, 3.05) is 18.9 Å². The normalized spacial score (nSPS) is 15.0. The summed E-state index contributed by atoms with van der Waals surface area (Å²) >= 11 is 1.15. The molecule has 0 aliphatic heterocycles. The predicted molar refractivity (Wildman–Crippen MR) is 123 cm³/mol. The van der Waals surface area contributed by atoms with Gasteiger partial charge < -0.3 is 5.32 Å². The molecule has 0 atom stereocenters. The van der Waals surface area contributed by atoms with E-state index in [0.717, 1.165) is 61.9 Å². The average molecular weight is 464 g/mol. The van der Waals surface area contributed by atoms with Crippen molar-refractivity contribution in [2.24, 2.45) is 0 Å². The first-order chi connectivity index (χ1) is 15.3. The first-order valence-corrected chi connectivity index (χ1v) is 12.1. The molecule has 0 spiro atoms. The Labute approximate surface area is 192 Å². The van der Waals surface area contributed by atoms with Crippen LogP contribution in [0.5, 0.6) is 0 Å². The predicted octanol–water partition coefficient (Wildman–Crippen LogP) is 4.97. The average Bonchev–Trinajstić information content (AvgIpc) is 3.44. The second-order valence-electron chi connectivity index (χ2n) is 8.99. The second kappa shape index (κ2) is 9.79. The van der Waals surface area contributed by atoms with Gasteiger partial charge in [-0.05, 0) is 87.7 Å². The molecule has 2 aliphatic carbocycles. The highest BCUT2D eigenvalue weighted by atomic mass is 32.2. The highest BCUT2D eigenvalue weighted by Crippen LogP contribution is 2.38. The molecule has 0 bridgehead atoms. The summed E-state index contributed by atoms with van der Waals surface area (Å²) in [5.41, 5.74) is 7.18. The molecule has 0 saturated carbocycles. The minimum Gasteiger partial charge on any atom is -0.307 e. The highest BCUT2D eigenvalue weighted by molar-refractivity contribution is 7.97. The molecular weight excluding hydrogens is 432 g/mol. The van der Waals surface area contributed by atoms with Crippen molar-refractivity contribution in [1.29, 1.82) is 0 Å². The zero-order chi connectivity index (χ0) is 22.8. The van der Waals surface area contributed by atoms with E-state index in [-0.39, 0.29) is 18.6 Å². The number of aromatic nitrogens is 2. The van der Waals surface area contributed by atoms with E-state index in [4.69, 9.17) is 0 Å². The molecule has 0 radical (unpaired) electrons. The molecule has 6 nitrogen and oxygen atoms in total. The number of carbonyl (C=O) groups is 1. The Balaban J connectivity index is 1.42. The second-order valence-corrected chi connectivity index (χ2v) is 9.82. The van der Waals surface area contributed by atoms with Gasteiger partial charge in [0, 0.05) is 30.2 Å². The van der Waals surface area contributed by atoms with Crippen molar-refractivity contribution in [3.63, 3.8) is 0 Å². The van der Waals surface area contributed by atoms with Crippen LogP contribution in [-0.4, -0.2) is 40.7 Å². The summed E-state index contributed by atoms with van der Waals surface area (Å²) in [5.74, 6) is 0. The van der Waals surface area contributed by atoms with Crippen LogP contribution in [0.2, 0.25) is 0 Å². The molecule has 1 aromatic heterocycles. The van der Waals surface area contributed by atoms with Crippen molar-refractivity contribution >= 4 is 23.7 Å². The van der Waals surface area contributed by atoms with E-state index < -0.39 is 6.43 Å². The summed E-state index contributed by atoms with van der Waals surface area (Å²) in [5, 5.41) is 8.31. The number of hydrogen-bond donors (Lipinski definition) is 2. The van der Waals surface area contributed by atoms with Gasteiger partial charge in [0.15, 0.2) is 0 Å². The van der Waals surface area contributed by atoms with E-state index in [0.29, 0.717) is 11.6 Å². The van der Waals surface area contributed by atoms with E-state index in [1.807, 2.05) is 24.6 Å². The molecule has 2 amide bonds. The van der Waals surface area contributed by atoms with Crippen molar-refractivity contribution in [3.8, 4) is 0 Å². The monoisotopic (exact) mass is 463 g/mol. The van der Waals surface area contributed by atoms with Crippen LogP contribution in [0, 0.1) is 0 Å². The first kappa shape index (κ1) is 23.0. The minimum absolute atomic E-state index is 0.0858. The molecule has 174 valence electrons. The highest BCUT2D eigenvalue weighted by Gasteiger charge is 2.25. The summed E-state index contributed by atoms with van der Waals surface area (Å²) in [6.45, 7) is 4.06. The largest absolute Gasteiger partial charge is 0.329 e. The number of carbonyl (C=O) groups excluding carboxylic acids is 1. The van der Waals surface area contributed by atoms with Crippen LogP contribution in [0.1, 0.15) is 60.7 Å². The smallest absolute Gasteiger partial charge is 0.307 e. The van der Waals surface area contributed by atoms with E-state index in [2.05, 4.69) is 21.2 Å². The molecule has 1 aromatic carbocycles. The third-order valence-corrected chi connectivity index (χ3v) is 6.82. The lowest BCUT2D eigenvalue weighted by molar-refractivity contribution is 0.0962. The molecule has 2 N–H and O–H groups in total. The number of benzene rings is 1. The molecule has 9 heteroatoms. The van der Waals surface area contributed by atoms with Crippen molar-refractivity contribution in [1.82, 2.24) is 19.4 Å². The lowest BCUT2D eigenvalue weighted by Crippen LogP contribution is -2.25. The molecule has 0 fully saturated rings. The van der Waals surface area contributed by atoms with Crippen LogP contribution in [-0.2, 0) is 32.2 Å². The van der Waals surface area contributed by atoms with Crippen LogP contribution >= 0.6 is 11.9 Å². The number of nitrogens with zero attached hydrogens (tertiary/aromatic N) is 3. The van der Waals surface area contributed by atoms with Crippen LogP contribution < -0.4 is 10.0 Å². The number of alkyl halides is 2. The number of amides is 2. The van der Waals surface area contributed by atoms with E-state index in [1.165, 1.54) is 22.3 Å². The fraction of sp³-hybridized carbons (Fsp3) is 0.565. The molecular formula is C23H31F2N5OS. The topological polar surface area (TPSA) is 62.2 Å². The number of aryl methyl sites for hydroxylation is 2. The summed E-state index contributed by atoms with van der Waals surface area (Å²) in [4.78, 5) is 14.3. The van der Waals surface area contributed by atoms with Crippen molar-refractivity contribution < 1.29 is 13.6 Å². The van der Waals surface area contributed by atoms with Crippen LogP contribution in [0.15, 0.2) is 17.2 Å². The van der Waals surface area contributed by atoms with Gasteiger partial charge in [-0.25, -0.2) is 13.6 Å². The Morgan fingerprint density at radius 2 is 1.81 bits per heavy atom. The molecule has 0 saturated heterocycles. The molecule has 2 aromatic rings. The van der Waals surface area contributed by atoms with Gasteiger partial charge in [-0.2, -0.15) is 5.10 Å². The number of rotatable bonds is 8. The van der Waals surface area contributed by atoms with Gasteiger partial charge in [0.25, 0.3) is 6.43 Å². The number of halogens is 2. The maximum atomic E-state index is 12.7. The maximum Gasteiger partial charge on any atom is 0.329 e. The summed E-state index contributed by atoms with van der Waals surface area (Å²) in [6.07, 6.45) is 4.10. The standard InChI is InChI=1S/C23H31F2N5OS/c1-14(2)30-17(12-29(3)13-20(24)25)11-21(27-30)32-28-23(31)26-22-18-8-4-6-15(18)10-16-7-5-9-19(16)22/h10-11,14,20H,4-9,12-13H2,1-3H3,(H2,26,28,31). The molecule has 0 unspecified atom stereocenters. The Morgan fingerprint density at radius 3 is 2.41 bits per heavy atom. The zero-order valence-electron chi connectivity index (χ0n) is 18.9. The number of anilines is 1. The van der Waals surface area contributed by atoms with Crippen LogP contribution in [0.25, 0.3) is 0 Å². The van der Waals surface area contributed by atoms with Gasteiger partial charge in [0.2, 0.25) is 0 Å². The fourth-order valence-electron chi connectivity index (χ4n) is 4.80. The lowest BCUT2D eigenvalue weighted by atomic mass is 9.99. The molecule has 2 aliphatic rings. The van der Waals surface area contributed by atoms with Gasteiger partial charge >= 0.3 is 6.03 Å². The third kappa shape index (κ3) is 5.09. The van der Waals surface area contributed by atoms with E-state index >= 15 is 0 Å².